The molecule has 1 aliphatic carbocycles. The van der Waals surface area contributed by atoms with Crippen LogP contribution in [0.3, 0.4) is 0 Å². The first-order chi connectivity index (χ1) is 16.9. The molecule has 1 fully saturated rings. The first-order valence-corrected chi connectivity index (χ1v) is 12.8. The highest BCUT2D eigenvalue weighted by Crippen LogP contribution is 2.40. The van der Waals surface area contributed by atoms with E-state index in [1.165, 1.54) is 6.92 Å². The van der Waals surface area contributed by atoms with E-state index in [0.717, 1.165) is 41.1 Å². The van der Waals surface area contributed by atoms with Gasteiger partial charge in [0.2, 0.25) is 11.8 Å². The Kier molecular flexibility index (Phi) is 8.15. The van der Waals surface area contributed by atoms with Crippen molar-refractivity contribution < 1.29 is 14.4 Å². The van der Waals surface area contributed by atoms with Crippen molar-refractivity contribution in [1.29, 1.82) is 0 Å². The van der Waals surface area contributed by atoms with Crippen molar-refractivity contribution in [2.24, 2.45) is 5.92 Å². The van der Waals surface area contributed by atoms with Gasteiger partial charge < -0.3 is 10.6 Å². The molecule has 0 atom stereocenters. The van der Waals surface area contributed by atoms with Gasteiger partial charge in [-0.2, -0.15) is 0 Å². The Hall–Kier alpha value is -3.23. The number of para-hydroxylation sites is 1. The first-order valence-electron chi connectivity index (χ1n) is 11.6. The molecule has 3 aromatic rings. The molecule has 1 saturated carbocycles. The van der Waals surface area contributed by atoms with E-state index in [1.54, 1.807) is 35.6 Å². The van der Waals surface area contributed by atoms with E-state index >= 15 is 0 Å². The van der Waals surface area contributed by atoms with Gasteiger partial charge in [-0.05, 0) is 61.4 Å². The van der Waals surface area contributed by atoms with Crippen molar-refractivity contribution in [3.05, 3.63) is 64.8 Å². The molecule has 4 amide bonds. The molecule has 7 nitrogen and oxygen atoms in total. The molecule has 0 unspecified atom stereocenters. The summed E-state index contributed by atoms with van der Waals surface area (Å²) >= 11 is 7.78. The number of amides is 4. The molecule has 1 aliphatic rings. The number of anilines is 2. The molecular formula is C26H27ClN4O3S. The molecule has 2 aromatic carbocycles. The minimum absolute atomic E-state index is 0.184. The lowest BCUT2D eigenvalue weighted by Gasteiger charge is -2.26. The second-order valence-electron chi connectivity index (χ2n) is 8.73. The highest BCUT2D eigenvalue weighted by Gasteiger charge is 2.26. The van der Waals surface area contributed by atoms with Gasteiger partial charge in [-0.25, -0.2) is 9.78 Å². The zero-order valence-electron chi connectivity index (χ0n) is 19.3. The van der Waals surface area contributed by atoms with Crippen molar-refractivity contribution in [2.45, 2.75) is 44.9 Å². The van der Waals surface area contributed by atoms with E-state index < -0.39 is 0 Å². The number of aromatic nitrogens is 1. The average Bonchev–Trinajstić information content (AvgIpc) is 3.31. The predicted molar refractivity (Wildman–Crippen MR) is 140 cm³/mol. The van der Waals surface area contributed by atoms with Gasteiger partial charge in [0.05, 0.1) is 20.6 Å². The number of hydrogen-bond acceptors (Lipinski definition) is 5. The van der Waals surface area contributed by atoms with Crippen LogP contribution in [0.15, 0.2) is 54.7 Å². The number of thiazole rings is 1. The third kappa shape index (κ3) is 6.90. The molecule has 182 valence electrons. The van der Waals surface area contributed by atoms with Crippen molar-refractivity contribution in [2.75, 3.05) is 10.6 Å². The van der Waals surface area contributed by atoms with Crippen LogP contribution in [0.25, 0.3) is 10.4 Å². The van der Waals surface area contributed by atoms with Gasteiger partial charge in [-0.15, -0.1) is 11.3 Å². The van der Waals surface area contributed by atoms with Gasteiger partial charge in [0, 0.05) is 31.1 Å². The number of halogens is 1. The smallest absolute Gasteiger partial charge is 0.308 e. The molecule has 1 heterocycles. The summed E-state index contributed by atoms with van der Waals surface area (Å²) < 4.78 is 0. The van der Waals surface area contributed by atoms with Gasteiger partial charge in [0.1, 0.15) is 0 Å². The maximum atomic E-state index is 12.3. The fourth-order valence-corrected chi connectivity index (χ4v) is 5.57. The summed E-state index contributed by atoms with van der Waals surface area (Å²) in [7, 11) is 0. The number of benzene rings is 2. The van der Waals surface area contributed by atoms with E-state index in [9.17, 15) is 14.4 Å². The largest absolute Gasteiger partial charge is 0.323 e. The van der Waals surface area contributed by atoms with Crippen molar-refractivity contribution >= 4 is 52.2 Å². The molecule has 1 aromatic heterocycles. The number of nitrogens with zero attached hydrogens (tertiary/aromatic N) is 1. The number of rotatable bonds is 6. The summed E-state index contributed by atoms with van der Waals surface area (Å²) in [6.45, 7) is 1.36. The molecule has 4 rings (SSSR count). The Morgan fingerprint density at radius 1 is 1.00 bits per heavy atom. The third-order valence-corrected chi connectivity index (χ3v) is 7.60. The minimum Gasteiger partial charge on any atom is -0.308 e. The zero-order valence-corrected chi connectivity index (χ0v) is 20.9. The number of imide groups is 1. The van der Waals surface area contributed by atoms with Gasteiger partial charge >= 0.3 is 6.03 Å². The summed E-state index contributed by atoms with van der Waals surface area (Å²) in [6.07, 6.45) is 6.22. The van der Waals surface area contributed by atoms with Crippen LogP contribution in [0.2, 0.25) is 5.02 Å². The third-order valence-electron chi connectivity index (χ3n) is 6.06. The second-order valence-corrected chi connectivity index (χ2v) is 10.2. The van der Waals surface area contributed by atoms with Crippen LogP contribution in [-0.4, -0.2) is 22.8 Å². The number of nitrogens with one attached hydrogen (secondary N) is 3. The number of hydrogen-bond donors (Lipinski definition) is 3. The normalized spacial score (nSPS) is 17.4. The average molecular weight is 511 g/mol. The molecule has 0 saturated heterocycles. The fraction of sp³-hybridized carbons (Fsp3) is 0.308. The quantitative estimate of drug-likeness (QED) is 0.355. The van der Waals surface area contributed by atoms with Crippen LogP contribution in [0.1, 0.15) is 50.0 Å². The molecule has 0 radical (unpaired) electrons. The predicted octanol–water partition coefficient (Wildman–Crippen LogP) is 6.43. The Morgan fingerprint density at radius 2 is 1.71 bits per heavy atom. The van der Waals surface area contributed by atoms with Gasteiger partial charge in [-0.1, -0.05) is 35.9 Å². The Balaban J connectivity index is 1.29. The fourth-order valence-electron chi connectivity index (χ4n) is 4.30. The van der Waals surface area contributed by atoms with E-state index in [1.807, 2.05) is 30.5 Å². The highest BCUT2D eigenvalue weighted by atomic mass is 35.5. The molecule has 3 N–H and O–H groups in total. The lowest BCUT2D eigenvalue weighted by Crippen LogP contribution is -2.30. The van der Waals surface area contributed by atoms with E-state index in [4.69, 9.17) is 11.6 Å². The lowest BCUT2D eigenvalue weighted by molar-refractivity contribution is -0.129. The monoisotopic (exact) mass is 510 g/mol. The van der Waals surface area contributed by atoms with Crippen LogP contribution in [0.4, 0.5) is 16.2 Å². The summed E-state index contributed by atoms with van der Waals surface area (Å²) in [5.41, 5.74) is 2.27. The molecule has 0 bridgehead atoms. The van der Waals surface area contributed by atoms with Crippen LogP contribution < -0.4 is 16.0 Å². The minimum atomic E-state index is -0.361. The molecular weight excluding hydrogens is 484 g/mol. The molecule has 35 heavy (non-hydrogen) atoms. The standard InChI is InChI=1S/C26H27ClN4O3S/c1-16(32)29-24(33)14-17-6-8-19(9-7-17)25-28-15-23(35-25)18-10-12-20(13-11-18)30-26(34)31-22-5-3-2-4-21(22)27/h2-5,10-13,15,17,19H,6-9,14H2,1H3,(H,29,32,33)(H2,30,31,34). The summed E-state index contributed by atoms with van der Waals surface area (Å²) in [4.78, 5) is 40.9. The van der Waals surface area contributed by atoms with Crippen LogP contribution >= 0.6 is 22.9 Å². The first kappa shape index (κ1) is 24.9. The number of carbonyl (C=O) groups excluding carboxylic acids is 3. The highest BCUT2D eigenvalue weighted by molar-refractivity contribution is 7.15. The Morgan fingerprint density at radius 3 is 2.40 bits per heavy atom. The van der Waals surface area contributed by atoms with Crippen LogP contribution in [0, 0.1) is 5.92 Å². The molecule has 0 spiro atoms. The van der Waals surface area contributed by atoms with Crippen LogP contribution in [-0.2, 0) is 9.59 Å². The second kappa shape index (κ2) is 11.5. The van der Waals surface area contributed by atoms with E-state index in [0.29, 0.717) is 34.7 Å². The van der Waals surface area contributed by atoms with E-state index in [-0.39, 0.29) is 17.8 Å². The topological polar surface area (TPSA) is 100 Å². The van der Waals surface area contributed by atoms with Crippen molar-refractivity contribution in [3.63, 3.8) is 0 Å². The van der Waals surface area contributed by atoms with Gasteiger partial charge in [0.15, 0.2) is 0 Å². The van der Waals surface area contributed by atoms with Gasteiger partial charge in [0.25, 0.3) is 0 Å². The SMILES string of the molecule is CC(=O)NC(=O)CC1CCC(c2ncc(-c3ccc(NC(=O)Nc4ccccc4Cl)cc3)s2)CC1. The summed E-state index contributed by atoms with van der Waals surface area (Å²) in [5, 5.41) is 9.51. The van der Waals surface area contributed by atoms with Gasteiger partial charge in [-0.3, -0.25) is 14.9 Å². The van der Waals surface area contributed by atoms with Crippen molar-refractivity contribution in [1.82, 2.24) is 10.3 Å². The maximum absolute atomic E-state index is 12.3. The molecule has 0 aliphatic heterocycles. The lowest BCUT2D eigenvalue weighted by atomic mass is 9.80. The number of urea groups is 1. The zero-order chi connectivity index (χ0) is 24.8. The summed E-state index contributed by atoms with van der Waals surface area (Å²) in [6, 6.07) is 14.4. The number of carbonyl (C=O) groups is 3. The van der Waals surface area contributed by atoms with Crippen molar-refractivity contribution in [3.8, 4) is 10.4 Å². The Labute approximate surface area is 213 Å². The Bertz CT molecular complexity index is 1200. The van der Waals surface area contributed by atoms with E-state index in [2.05, 4.69) is 20.9 Å². The van der Waals surface area contributed by atoms with Crippen LogP contribution in [0.5, 0.6) is 0 Å². The molecule has 9 heteroatoms. The maximum Gasteiger partial charge on any atom is 0.323 e. The summed E-state index contributed by atoms with van der Waals surface area (Å²) in [5.74, 6) is 0.232.